The molecule has 9 aromatic carbocycles. The molecule has 0 aliphatic rings. The Balaban J connectivity index is 1.19. The molecule has 298 valence electrons. The molecule has 0 N–H and O–H groups in total. The number of hydrogen-bond acceptors (Lipinski definition) is 3. The van der Waals surface area contributed by atoms with Crippen LogP contribution in [-0.2, 0) is 0 Å². The lowest BCUT2D eigenvalue weighted by atomic mass is 10.0. The Morgan fingerprint density at radius 3 is 1.20 bits per heavy atom. The smallest absolute Gasteiger partial charge is 0.162 e. The second kappa shape index (κ2) is 15.3. The van der Waals surface area contributed by atoms with E-state index in [2.05, 4.69) is 191 Å². The standard InChI is InChI=1S/C59H37N5/c60-38-45-35-50(59-61-51(41-21-9-3-10-22-41)36-52(62-59)42-23-11-4-12-24-42)58(64-54-28-16-14-26-47(54)49-34-44(30-32-56(49)64)40-19-7-2-8-20-40)37-57(45)63-53-27-15-13-25-46(53)48-33-43(29-31-55(48)63)39-17-5-1-6-18-39/h1-37H. The normalized spacial score (nSPS) is 11.4. The van der Waals surface area contributed by atoms with E-state index in [1.165, 1.54) is 0 Å². The monoisotopic (exact) mass is 815 g/mol. The third-order valence-electron chi connectivity index (χ3n) is 12.4. The fourth-order valence-corrected chi connectivity index (χ4v) is 9.38. The highest BCUT2D eigenvalue weighted by atomic mass is 15.0. The molecule has 0 aliphatic carbocycles. The van der Waals surface area contributed by atoms with Crippen molar-refractivity contribution in [1.82, 2.24) is 19.1 Å². The minimum atomic E-state index is 0.510. The van der Waals surface area contributed by atoms with Gasteiger partial charge in [0.2, 0.25) is 0 Å². The van der Waals surface area contributed by atoms with Crippen LogP contribution in [0.3, 0.4) is 0 Å². The molecule has 64 heavy (non-hydrogen) atoms. The zero-order valence-electron chi connectivity index (χ0n) is 34.6. The van der Waals surface area contributed by atoms with Crippen LogP contribution >= 0.6 is 0 Å². The molecule has 12 aromatic rings. The van der Waals surface area contributed by atoms with Gasteiger partial charge in [0, 0.05) is 38.2 Å². The topological polar surface area (TPSA) is 59.4 Å². The van der Waals surface area contributed by atoms with Crippen LogP contribution in [0.4, 0.5) is 0 Å². The number of para-hydroxylation sites is 2. The maximum atomic E-state index is 11.3. The van der Waals surface area contributed by atoms with Gasteiger partial charge in [-0.2, -0.15) is 5.26 Å². The molecule has 5 heteroatoms. The van der Waals surface area contributed by atoms with Crippen molar-refractivity contribution >= 4 is 43.6 Å². The molecule has 0 amide bonds. The predicted octanol–water partition coefficient (Wildman–Crippen LogP) is 14.9. The van der Waals surface area contributed by atoms with Crippen molar-refractivity contribution in [2.24, 2.45) is 0 Å². The van der Waals surface area contributed by atoms with E-state index in [9.17, 15) is 5.26 Å². The molecule has 0 unspecified atom stereocenters. The number of nitriles is 1. The average molecular weight is 816 g/mol. The molecule has 3 heterocycles. The van der Waals surface area contributed by atoms with Crippen LogP contribution in [-0.4, -0.2) is 19.1 Å². The highest BCUT2D eigenvalue weighted by Crippen LogP contribution is 2.42. The van der Waals surface area contributed by atoms with Crippen LogP contribution in [0.1, 0.15) is 5.56 Å². The van der Waals surface area contributed by atoms with Gasteiger partial charge in [0.25, 0.3) is 0 Å². The molecule has 0 spiro atoms. The Labute approximate surface area is 370 Å². The van der Waals surface area contributed by atoms with Gasteiger partial charge in [0.05, 0.1) is 50.4 Å². The second-order valence-electron chi connectivity index (χ2n) is 16.1. The molecule has 0 atom stereocenters. The highest BCUT2D eigenvalue weighted by molar-refractivity contribution is 6.12. The van der Waals surface area contributed by atoms with Crippen LogP contribution in [0.5, 0.6) is 0 Å². The molecule has 0 radical (unpaired) electrons. The summed E-state index contributed by atoms with van der Waals surface area (Å²) in [6.45, 7) is 0. The van der Waals surface area contributed by atoms with Crippen LogP contribution in [0.25, 0.3) is 111 Å². The summed E-state index contributed by atoms with van der Waals surface area (Å²) in [5.74, 6) is 0.528. The van der Waals surface area contributed by atoms with Crippen molar-refractivity contribution < 1.29 is 0 Å². The molecule has 12 rings (SSSR count). The van der Waals surface area contributed by atoms with Gasteiger partial charge in [-0.1, -0.05) is 170 Å². The van der Waals surface area contributed by atoms with Crippen molar-refractivity contribution in [3.8, 4) is 73.6 Å². The molecule has 5 nitrogen and oxygen atoms in total. The Kier molecular flexibility index (Phi) is 8.81. The van der Waals surface area contributed by atoms with Crippen molar-refractivity contribution in [2.45, 2.75) is 0 Å². The van der Waals surface area contributed by atoms with E-state index < -0.39 is 0 Å². The number of benzene rings is 9. The van der Waals surface area contributed by atoms with Crippen LogP contribution in [0, 0.1) is 11.3 Å². The van der Waals surface area contributed by atoms with Gasteiger partial charge in [-0.15, -0.1) is 0 Å². The fraction of sp³-hybridized carbons (Fsp3) is 0. The lowest BCUT2D eigenvalue weighted by molar-refractivity contribution is 1.11. The largest absolute Gasteiger partial charge is 0.308 e. The molecule has 0 fully saturated rings. The Morgan fingerprint density at radius 2 is 0.734 bits per heavy atom. The van der Waals surface area contributed by atoms with Gasteiger partial charge < -0.3 is 9.13 Å². The minimum Gasteiger partial charge on any atom is -0.308 e. The van der Waals surface area contributed by atoms with Crippen LogP contribution in [0.2, 0.25) is 0 Å². The summed E-state index contributed by atoms with van der Waals surface area (Å²) in [5, 5.41) is 15.8. The van der Waals surface area contributed by atoms with E-state index in [0.717, 1.165) is 105 Å². The third-order valence-corrected chi connectivity index (χ3v) is 12.4. The average Bonchev–Trinajstić information content (AvgIpc) is 3.89. The van der Waals surface area contributed by atoms with Gasteiger partial charge >= 0.3 is 0 Å². The Morgan fingerprint density at radius 1 is 0.328 bits per heavy atom. The third kappa shape index (κ3) is 6.16. The number of hydrogen-bond donors (Lipinski definition) is 0. The first kappa shape index (κ1) is 37.0. The maximum Gasteiger partial charge on any atom is 0.162 e. The van der Waals surface area contributed by atoms with E-state index in [0.29, 0.717) is 11.4 Å². The fourth-order valence-electron chi connectivity index (χ4n) is 9.38. The lowest BCUT2D eigenvalue weighted by Crippen LogP contribution is -2.06. The maximum absolute atomic E-state index is 11.3. The Bertz CT molecular complexity index is 3710. The number of nitrogens with zero attached hydrogens (tertiary/aromatic N) is 5. The van der Waals surface area contributed by atoms with Crippen molar-refractivity contribution in [3.05, 3.63) is 230 Å². The van der Waals surface area contributed by atoms with Crippen molar-refractivity contribution in [1.29, 1.82) is 5.26 Å². The minimum absolute atomic E-state index is 0.510. The summed E-state index contributed by atoms with van der Waals surface area (Å²) in [5.41, 5.74) is 15.1. The second-order valence-corrected chi connectivity index (χ2v) is 16.1. The molecule has 0 saturated heterocycles. The molecule has 0 aliphatic heterocycles. The predicted molar refractivity (Wildman–Crippen MR) is 263 cm³/mol. The van der Waals surface area contributed by atoms with Crippen molar-refractivity contribution in [2.75, 3.05) is 0 Å². The van der Waals surface area contributed by atoms with E-state index in [1.807, 2.05) is 48.5 Å². The van der Waals surface area contributed by atoms with Crippen LogP contribution in [0.15, 0.2) is 224 Å². The number of aromatic nitrogens is 4. The van der Waals surface area contributed by atoms with Crippen LogP contribution < -0.4 is 0 Å². The molecule has 0 bridgehead atoms. The summed E-state index contributed by atoms with van der Waals surface area (Å²) in [6.07, 6.45) is 0. The first-order chi connectivity index (χ1) is 31.7. The summed E-state index contributed by atoms with van der Waals surface area (Å²) in [7, 11) is 0. The molecular weight excluding hydrogens is 779 g/mol. The quantitative estimate of drug-likeness (QED) is 0.161. The summed E-state index contributed by atoms with van der Waals surface area (Å²) < 4.78 is 4.59. The van der Waals surface area contributed by atoms with E-state index in [4.69, 9.17) is 9.97 Å². The van der Waals surface area contributed by atoms with Gasteiger partial charge in [-0.25, -0.2) is 9.97 Å². The zero-order valence-corrected chi connectivity index (χ0v) is 34.6. The Hall–Kier alpha value is -8.85. The van der Waals surface area contributed by atoms with Gasteiger partial charge in [-0.05, 0) is 76.9 Å². The van der Waals surface area contributed by atoms with E-state index >= 15 is 0 Å². The van der Waals surface area contributed by atoms with Gasteiger partial charge in [-0.3, -0.25) is 0 Å². The molecule has 0 saturated carbocycles. The van der Waals surface area contributed by atoms with E-state index in [-0.39, 0.29) is 0 Å². The molecule has 3 aromatic heterocycles. The van der Waals surface area contributed by atoms with E-state index in [1.54, 1.807) is 0 Å². The van der Waals surface area contributed by atoms with Gasteiger partial charge in [0.1, 0.15) is 6.07 Å². The summed E-state index contributed by atoms with van der Waals surface area (Å²) in [4.78, 5) is 10.7. The SMILES string of the molecule is N#Cc1cc(-c2nc(-c3ccccc3)cc(-c3ccccc3)n2)c(-n2c3ccccc3c3cc(-c4ccccc4)ccc32)cc1-n1c2ccccc2c2cc(-c3ccccc3)ccc21. The zero-order chi connectivity index (χ0) is 42.6. The number of rotatable bonds is 7. The first-order valence-electron chi connectivity index (χ1n) is 21.5. The number of fused-ring (bicyclic) bond motifs is 6. The summed E-state index contributed by atoms with van der Waals surface area (Å²) in [6, 6.07) is 80.8. The summed E-state index contributed by atoms with van der Waals surface area (Å²) >= 11 is 0. The van der Waals surface area contributed by atoms with Crippen molar-refractivity contribution in [3.63, 3.8) is 0 Å². The lowest BCUT2D eigenvalue weighted by Gasteiger charge is -2.19. The van der Waals surface area contributed by atoms with Gasteiger partial charge in [0.15, 0.2) is 5.82 Å². The highest BCUT2D eigenvalue weighted by Gasteiger charge is 2.24. The first-order valence-corrected chi connectivity index (χ1v) is 21.5. The molecular formula is C59H37N5.